The van der Waals surface area contributed by atoms with E-state index < -0.39 is 10.1 Å². The van der Waals surface area contributed by atoms with E-state index in [4.69, 9.17) is 9.47 Å². The fourth-order valence-electron chi connectivity index (χ4n) is 1.90. The molecule has 142 valence electrons. The molecule has 0 aliphatic rings. The smallest absolute Gasteiger partial charge is 0.264 e. The van der Waals surface area contributed by atoms with Crippen LogP contribution < -0.4 is 10.1 Å². The second kappa shape index (κ2) is 11.8. The van der Waals surface area contributed by atoms with E-state index in [0.29, 0.717) is 43.9 Å². The lowest BCUT2D eigenvalue weighted by molar-refractivity contribution is -0.116. The molecule has 0 saturated heterocycles. The Balaban J connectivity index is 2.21. The van der Waals surface area contributed by atoms with Crippen LogP contribution in [0.4, 0.5) is 5.69 Å². The van der Waals surface area contributed by atoms with E-state index in [1.165, 1.54) is 0 Å². The van der Waals surface area contributed by atoms with Crippen molar-refractivity contribution in [2.24, 2.45) is 0 Å². The molecule has 0 bridgehead atoms. The summed E-state index contributed by atoms with van der Waals surface area (Å²) in [5.74, 6) is 0.594. The zero-order chi connectivity index (χ0) is 18.5. The van der Waals surface area contributed by atoms with Crippen molar-refractivity contribution >= 4 is 21.7 Å². The Morgan fingerprint density at radius 3 is 2.40 bits per heavy atom. The summed E-state index contributed by atoms with van der Waals surface area (Å²) in [4.78, 5) is 11.8. The molecule has 0 fully saturated rings. The van der Waals surface area contributed by atoms with Crippen LogP contribution in [0, 0.1) is 0 Å². The summed E-state index contributed by atoms with van der Waals surface area (Å²) in [5.41, 5.74) is 0.701. The lowest BCUT2D eigenvalue weighted by Crippen LogP contribution is -2.12. The molecule has 0 aliphatic heterocycles. The Labute approximate surface area is 149 Å². The summed E-state index contributed by atoms with van der Waals surface area (Å²) in [5, 5.41) is 2.82. The van der Waals surface area contributed by atoms with Crippen molar-refractivity contribution < 1.29 is 26.9 Å². The largest absolute Gasteiger partial charge is 0.494 e. The molecule has 8 heteroatoms. The SMILES string of the molecule is CCCOCCCC(=O)Nc1ccc(OCCCOS(C)(=O)=O)cc1. The Kier molecular flexibility index (Phi) is 10.1. The van der Waals surface area contributed by atoms with Crippen LogP contribution >= 0.6 is 0 Å². The topological polar surface area (TPSA) is 90.9 Å². The van der Waals surface area contributed by atoms with Crippen LogP contribution in [0.15, 0.2) is 24.3 Å². The van der Waals surface area contributed by atoms with E-state index in [0.717, 1.165) is 19.3 Å². The van der Waals surface area contributed by atoms with E-state index in [1.54, 1.807) is 24.3 Å². The van der Waals surface area contributed by atoms with E-state index in [-0.39, 0.29) is 12.5 Å². The molecule has 1 rings (SSSR count). The minimum atomic E-state index is -3.40. The summed E-state index contributed by atoms with van der Waals surface area (Å²) in [6.07, 6.45) is 3.57. The number of amides is 1. The second-order valence-corrected chi connectivity index (χ2v) is 7.16. The maximum absolute atomic E-state index is 11.8. The molecule has 7 nitrogen and oxygen atoms in total. The number of ether oxygens (including phenoxy) is 2. The molecule has 0 aromatic heterocycles. The molecular formula is C17H27NO6S. The molecular weight excluding hydrogens is 346 g/mol. The van der Waals surface area contributed by atoms with E-state index in [2.05, 4.69) is 9.50 Å². The van der Waals surface area contributed by atoms with Gasteiger partial charge in [-0.15, -0.1) is 0 Å². The number of carbonyl (C=O) groups excluding carboxylic acids is 1. The van der Waals surface area contributed by atoms with Gasteiger partial charge >= 0.3 is 0 Å². The molecule has 1 N–H and O–H groups in total. The molecule has 1 aromatic carbocycles. The highest BCUT2D eigenvalue weighted by Gasteiger charge is 2.04. The number of hydrogen-bond acceptors (Lipinski definition) is 6. The molecule has 0 saturated carbocycles. The van der Waals surface area contributed by atoms with Gasteiger partial charge in [-0.1, -0.05) is 6.92 Å². The van der Waals surface area contributed by atoms with Gasteiger partial charge in [-0.3, -0.25) is 8.98 Å². The maximum Gasteiger partial charge on any atom is 0.264 e. The average Bonchev–Trinajstić information content (AvgIpc) is 2.55. The van der Waals surface area contributed by atoms with Crippen molar-refractivity contribution in [3.05, 3.63) is 24.3 Å². The van der Waals surface area contributed by atoms with Crippen LogP contribution in [0.1, 0.15) is 32.6 Å². The van der Waals surface area contributed by atoms with Crippen LogP contribution in [0.25, 0.3) is 0 Å². The van der Waals surface area contributed by atoms with Gasteiger partial charge in [-0.2, -0.15) is 8.42 Å². The molecule has 0 radical (unpaired) electrons. The van der Waals surface area contributed by atoms with Crippen molar-refractivity contribution in [2.45, 2.75) is 32.6 Å². The van der Waals surface area contributed by atoms with Gasteiger partial charge in [0.2, 0.25) is 5.91 Å². The summed E-state index contributed by atoms with van der Waals surface area (Å²) in [6, 6.07) is 7.01. The highest BCUT2D eigenvalue weighted by molar-refractivity contribution is 7.85. The van der Waals surface area contributed by atoms with Crippen LogP contribution in [-0.4, -0.2) is 47.0 Å². The van der Waals surface area contributed by atoms with Crippen molar-refractivity contribution in [2.75, 3.05) is 38.0 Å². The molecule has 0 heterocycles. The third-order valence-corrected chi connectivity index (χ3v) is 3.63. The molecule has 1 amide bonds. The van der Waals surface area contributed by atoms with Crippen LogP contribution in [-0.2, 0) is 23.8 Å². The van der Waals surface area contributed by atoms with Crippen molar-refractivity contribution in [3.63, 3.8) is 0 Å². The molecule has 0 unspecified atom stereocenters. The molecule has 1 aromatic rings. The van der Waals surface area contributed by atoms with Crippen molar-refractivity contribution in [3.8, 4) is 5.75 Å². The number of anilines is 1. The highest BCUT2D eigenvalue weighted by Crippen LogP contribution is 2.16. The average molecular weight is 373 g/mol. The van der Waals surface area contributed by atoms with E-state index in [1.807, 2.05) is 6.92 Å². The third kappa shape index (κ3) is 11.5. The van der Waals surface area contributed by atoms with Gasteiger partial charge in [0, 0.05) is 31.7 Å². The summed E-state index contributed by atoms with van der Waals surface area (Å²) < 4.78 is 37.0. The Morgan fingerprint density at radius 1 is 1.04 bits per heavy atom. The minimum absolute atomic E-state index is 0.0494. The van der Waals surface area contributed by atoms with Crippen LogP contribution in [0.5, 0.6) is 5.75 Å². The minimum Gasteiger partial charge on any atom is -0.494 e. The first-order chi connectivity index (χ1) is 11.9. The number of carbonyl (C=O) groups is 1. The van der Waals surface area contributed by atoms with Gasteiger partial charge in [0.1, 0.15) is 5.75 Å². The zero-order valence-corrected chi connectivity index (χ0v) is 15.6. The number of nitrogens with one attached hydrogen (secondary N) is 1. The standard InChI is InChI=1S/C17H27NO6S/c1-3-11-22-12-4-6-17(19)18-15-7-9-16(10-8-15)23-13-5-14-24-25(2,20)21/h7-10H,3-6,11-14H2,1-2H3,(H,18,19). The molecule has 0 aliphatic carbocycles. The monoisotopic (exact) mass is 373 g/mol. The van der Waals surface area contributed by atoms with E-state index >= 15 is 0 Å². The third-order valence-electron chi connectivity index (χ3n) is 3.03. The zero-order valence-electron chi connectivity index (χ0n) is 14.8. The van der Waals surface area contributed by atoms with Gasteiger partial charge in [0.15, 0.2) is 0 Å². The van der Waals surface area contributed by atoms with E-state index in [9.17, 15) is 13.2 Å². The lowest BCUT2D eigenvalue weighted by Gasteiger charge is -2.08. The molecule has 25 heavy (non-hydrogen) atoms. The van der Waals surface area contributed by atoms with Crippen LogP contribution in [0.3, 0.4) is 0 Å². The summed E-state index contributed by atoms with van der Waals surface area (Å²) >= 11 is 0. The summed E-state index contributed by atoms with van der Waals surface area (Å²) in [6.45, 7) is 3.80. The Bertz CT molecular complexity index is 600. The highest BCUT2D eigenvalue weighted by atomic mass is 32.2. The first-order valence-corrected chi connectivity index (χ1v) is 10.2. The van der Waals surface area contributed by atoms with Gasteiger partial charge in [-0.25, -0.2) is 0 Å². The lowest BCUT2D eigenvalue weighted by atomic mass is 10.2. The fourth-order valence-corrected chi connectivity index (χ4v) is 2.32. The Hall–Kier alpha value is -1.64. The van der Waals surface area contributed by atoms with Crippen molar-refractivity contribution in [1.82, 2.24) is 0 Å². The van der Waals surface area contributed by atoms with Gasteiger partial charge in [0.05, 0.1) is 19.5 Å². The van der Waals surface area contributed by atoms with Crippen LogP contribution in [0.2, 0.25) is 0 Å². The maximum atomic E-state index is 11.8. The van der Waals surface area contributed by atoms with Gasteiger partial charge in [0.25, 0.3) is 10.1 Å². The number of benzene rings is 1. The Morgan fingerprint density at radius 2 is 1.76 bits per heavy atom. The first-order valence-electron chi connectivity index (χ1n) is 8.35. The molecule has 0 spiro atoms. The quantitative estimate of drug-likeness (QED) is 0.422. The number of rotatable bonds is 13. The number of hydrogen-bond donors (Lipinski definition) is 1. The fraction of sp³-hybridized carbons (Fsp3) is 0.588. The van der Waals surface area contributed by atoms with Gasteiger partial charge < -0.3 is 14.8 Å². The molecule has 0 atom stereocenters. The predicted octanol–water partition coefficient (Wildman–Crippen LogP) is 2.58. The summed E-state index contributed by atoms with van der Waals surface area (Å²) in [7, 11) is -3.40. The predicted molar refractivity (Wildman–Crippen MR) is 96.3 cm³/mol. The van der Waals surface area contributed by atoms with Crippen molar-refractivity contribution in [1.29, 1.82) is 0 Å². The second-order valence-electron chi connectivity index (χ2n) is 5.52. The first kappa shape index (κ1) is 21.4. The van der Waals surface area contributed by atoms with Gasteiger partial charge in [-0.05, 0) is 37.1 Å². The normalized spacial score (nSPS) is 11.3.